The molecule has 0 fully saturated rings. The second-order valence-corrected chi connectivity index (χ2v) is 4.59. The van der Waals surface area contributed by atoms with Gasteiger partial charge in [-0.3, -0.25) is 0 Å². The fraction of sp³-hybridized carbons (Fsp3) is 0.188. The van der Waals surface area contributed by atoms with Crippen molar-refractivity contribution in [3.63, 3.8) is 0 Å². The van der Waals surface area contributed by atoms with Crippen molar-refractivity contribution in [2.24, 2.45) is 0 Å². The lowest BCUT2D eigenvalue weighted by molar-refractivity contribution is 0.0474. The van der Waals surface area contributed by atoms with Crippen molar-refractivity contribution in [3.05, 3.63) is 64.7 Å². The number of hydrogen-bond donors (Lipinski definition) is 2. The fourth-order valence-electron chi connectivity index (χ4n) is 1.83. The second-order valence-electron chi connectivity index (χ2n) is 4.59. The number of esters is 1. The molecule has 0 radical (unpaired) electrons. The molecule has 0 heterocycles. The smallest absolute Gasteiger partial charge is 0.340 e. The molecule has 2 aromatic rings. The van der Waals surface area contributed by atoms with E-state index >= 15 is 0 Å². The number of para-hydroxylation sites is 1. The van der Waals surface area contributed by atoms with Gasteiger partial charge in [-0.15, -0.1) is 0 Å². The number of ether oxygens (including phenoxy) is 1. The first-order chi connectivity index (χ1) is 9.61. The number of carbonyl (C=O) groups is 1. The van der Waals surface area contributed by atoms with E-state index in [4.69, 9.17) is 15.6 Å². The van der Waals surface area contributed by atoms with Crippen LogP contribution >= 0.6 is 0 Å². The van der Waals surface area contributed by atoms with Crippen molar-refractivity contribution in [1.82, 2.24) is 0 Å². The lowest BCUT2D eigenvalue weighted by Gasteiger charge is -2.09. The highest BCUT2D eigenvalue weighted by Crippen LogP contribution is 2.18. The normalized spacial score (nSPS) is 10.3. The fourth-order valence-corrected chi connectivity index (χ4v) is 1.83. The molecule has 0 saturated carbocycles. The summed E-state index contributed by atoms with van der Waals surface area (Å²) >= 11 is 0. The Bertz CT molecular complexity index is 606. The minimum atomic E-state index is -0.433. The van der Waals surface area contributed by atoms with Gasteiger partial charge < -0.3 is 15.6 Å². The highest BCUT2D eigenvalue weighted by molar-refractivity contribution is 5.95. The summed E-state index contributed by atoms with van der Waals surface area (Å²) in [6.45, 7) is 2.03. The lowest BCUT2D eigenvalue weighted by Crippen LogP contribution is -2.09. The van der Waals surface area contributed by atoms with Crippen LogP contribution in [0.1, 0.15) is 27.0 Å². The second kappa shape index (κ2) is 6.21. The zero-order valence-corrected chi connectivity index (χ0v) is 11.3. The van der Waals surface area contributed by atoms with E-state index in [1.807, 2.05) is 25.1 Å². The van der Waals surface area contributed by atoms with E-state index in [9.17, 15) is 4.79 Å². The number of nitrogens with two attached hydrogens (primary N) is 1. The topological polar surface area (TPSA) is 72.5 Å². The van der Waals surface area contributed by atoms with E-state index in [-0.39, 0.29) is 13.2 Å². The number of anilines is 1. The van der Waals surface area contributed by atoms with Crippen molar-refractivity contribution in [1.29, 1.82) is 0 Å². The van der Waals surface area contributed by atoms with Gasteiger partial charge in [0.1, 0.15) is 6.61 Å². The monoisotopic (exact) mass is 271 g/mol. The summed E-state index contributed by atoms with van der Waals surface area (Å²) in [5, 5.41) is 8.95. The Balaban J connectivity index is 2.02. The molecule has 0 aliphatic heterocycles. The molecular formula is C16H17NO3. The van der Waals surface area contributed by atoms with E-state index in [2.05, 4.69) is 0 Å². The number of hydrogen-bond acceptors (Lipinski definition) is 4. The van der Waals surface area contributed by atoms with Gasteiger partial charge in [-0.05, 0) is 29.7 Å². The van der Waals surface area contributed by atoms with Crippen LogP contribution in [0.3, 0.4) is 0 Å². The predicted octanol–water partition coefficient (Wildman–Crippen LogP) is 2.43. The maximum atomic E-state index is 12.0. The summed E-state index contributed by atoms with van der Waals surface area (Å²) in [5.74, 6) is -0.433. The standard InChI is InChI=1S/C16H17NO3/c1-11-3-2-4-14(15(11)17)16(19)20-10-13-7-5-12(9-18)6-8-13/h2-8,18H,9-10,17H2,1H3. The Labute approximate surface area is 117 Å². The average molecular weight is 271 g/mol. The Kier molecular flexibility index (Phi) is 4.38. The summed E-state index contributed by atoms with van der Waals surface area (Å²) in [5.41, 5.74) is 9.24. The van der Waals surface area contributed by atoms with Gasteiger partial charge in [0.2, 0.25) is 0 Å². The first kappa shape index (κ1) is 14.1. The first-order valence-corrected chi connectivity index (χ1v) is 6.32. The van der Waals surface area contributed by atoms with Crippen LogP contribution in [-0.4, -0.2) is 11.1 Å². The van der Waals surface area contributed by atoms with Gasteiger partial charge in [-0.2, -0.15) is 0 Å². The maximum Gasteiger partial charge on any atom is 0.340 e. The van der Waals surface area contributed by atoms with Gasteiger partial charge in [0, 0.05) is 5.69 Å². The van der Waals surface area contributed by atoms with Crippen molar-refractivity contribution in [2.45, 2.75) is 20.1 Å². The molecule has 0 atom stereocenters. The molecule has 0 bridgehead atoms. The summed E-state index contributed by atoms with van der Waals surface area (Å²) in [6.07, 6.45) is 0. The van der Waals surface area contributed by atoms with Crippen LogP contribution in [0.2, 0.25) is 0 Å². The molecule has 0 aliphatic rings. The quantitative estimate of drug-likeness (QED) is 0.661. The molecule has 0 aliphatic carbocycles. The highest BCUT2D eigenvalue weighted by atomic mass is 16.5. The van der Waals surface area contributed by atoms with Crippen LogP contribution in [-0.2, 0) is 18.0 Å². The molecular weight excluding hydrogens is 254 g/mol. The van der Waals surface area contributed by atoms with Crippen molar-refractivity contribution < 1.29 is 14.6 Å². The Hall–Kier alpha value is -2.33. The molecule has 3 N–H and O–H groups in total. The van der Waals surface area contributed by atoms with Gasteiger partial charge in [-0.25, -0.2) is 4.79 Å². The van der Waals surface area contributed by atoms with E-state index < -0.39 is 5.97 Å². The maximum absolute atomic E-state index is 12.0. The SMILES string of the molecule is Cc1cccc(C(=O)OCc2ccc(CO)cc2)c1N. The van der Waals surface area contributed by atoms with Gasteiger partial charge in [0.25, 0.3) is 0 Å². The zero-order valence-electron chi connectivity index (χ0n) is 11.3. The van der Waals surface area contributed by atoms with Crippen LogP contribution in [0.4, 0.5) is 5.69 Å². The Morgan fingerprint density at radius 2 is 1.80 bits per heavy atom. The highest BCUT2D eigenvalue weighted by Gasteiger charge is 2.12. The molecule has 2 aromatic carbocycles. The van der Waals surface area contributed by atoms with Gasteiger partial charge in [0.05, 0.1) is 12.2 Å². The number of aliphatic hydroxyl groups is 1. The third-order valence-corrected chi connectivity index (χ3v) is 3.12. The summed E-state index contributed by atoms with van der Waals surface area (Å²) in [4.78, 5) is 12.0. The molecule has 4 heteroatoms. The van der Waals surface area contributed by atoms with Crippen LogP contribution in [0.25, 0.3) is 0 Å². The first-order valence-electron chi connectivity index (χ1n) is 6.32. The van der Waals surface area contributed by atoms with Crippen molar-refractivity contribution >= 4 is 11.7 Å². The molecule has 0 spiro atoms. The van der Waals surface area contributed by atoms with E-state index in [0.717, 1.165) is 16.7 Å². The third kappa shape index (κ3) is 3.16. The van der Waals surface area contributed by atoms with Crippen LogP contribution in [0, 0.1) is 6.92 Å². The third-order valence-electron chi connectivity index (χ3n) is 3.12. The van der Waals surface area contributed by atoms with Crippen LogP contribution in [0.15, 0.2) is 42.5 Å². The summed E-state index contributed by atoms with van der Waals surface area (Å²) < 4.78 is 5.24. The molecule has 20 heavy (non-hydrogen) atoms. The summed E-state index contributed by atoms with van der Waals surface area (Å²) in [7, 11) is 0. The number of nitrogen functional groups attached to an aromatic ring is 1. The average Bonchev–Trinajstić information content (AvgIpc) is 2.48. The van der Waals surface area contributed by atoms with Gasteiger partial charge >= 0.3 is 5.97 Å². The predicted molar refractivity (Wildman–Crippen MR) is 77.1 cm³/mol. The Morgan fingerprint density at radius 3 is 2.45 bits per heavy atom. The minimum absolute atomic E-state index is 0.000106. The Morgan fingerprint density at radius 1 is 1.15 bits per heavy atom. The molecule has 104 valence electrons. The number of rotatable bonds is 4. The molecule has 0 amide bonds. The number of benzene rings is 2. The number of aryl methyl sites for hydroxylation is 1. The molecule has 0 aromatic heterocycles. The largest absolute Gasteiger partial charge is 0.457 e. The van der Waals surface area contributed by atoms with E-state index in [0.29, 0.717) is 11.3 Å². The summed E-state index contributed by atoms with van der Waals surface area (Å²) in [6, 6.07) is 12.5. The molecule has 2 rings (SSSR count). The molecule has 4 nitrogen and oxygen atoms in total. The molecule has 0 saturated heterocycles. The minimum Gasteiger partial charge on any atom is -0.457 e. The lowest BCUT2D eigenvalue weighted by atomic mass is 10.1. The van der Waals surface area contributed by atoms with Gasteiger partial charge in [0.15, 0.2) is 0 Å². The molecule has 0 unspecified atom stereocenters. The van der Waals surface area contributed by atoms with Gasteiger partial charge in [-0.1, -0.05) is 36.4 Å². The zero-order chi connectivity index (χ0) is 14.5. The van der Waals surface area contributed by atoms with Crippen LogP contribution in [0.5, 0.6) is 0 Å². The van der Waals surface area contributed by atoms with Crippen molar-refractivity contribution in [3.8, 4) is 0 Å². The van der Waals surface area contributed by atoms with E-state index in [1.54, 1.807) is 24.3 Å². The van der Waals surface area contributed by atoms with E-state index in [1.165, 1.54) is 0 Å². The van der Waals surface area contributed by atoms with Crippen LogP contribution < -0.4 is 5.73 Å². The number of carbonyl (C=O) groups excluding carboxylic acids is 1. The number of aliphatic hydroxyl groups excluding tert-OH is 1. The van der Waals surface area contributed by atoms with Crippen molar-refractivity contribution in [2.75, 3.05) is 5.73 Å².